The molecular formula is C14H12BrFN2O. The molecule has 0 spiro atoms. The Balaban J connectivity index is 2.31. The number of anilines is 2. The zero-order valence-corrected chi connectivity index (χ0v) is 11.8. The van der Waals surface area contributed by atoms with Crippen molar-refractivity contribution in [1.29, 1.82) is 0 Å². The van der Waals surface area contributed by atoms with E-state index in [1.807, 2.05) is 13.0 Å². The van der Waals surface area contributed by atoms with E-state index in [1.54, 1.807) is 18.2 Å². The first-order chi connectivity index (χ1) is 8.99. The lowest BCUT2D eigenvalue weighted by molar-refractivity contribution is 0.102. The number of halogens is 2. The van der Waals surface area contributed by atoms with Crippen molar-refractivity contribution in [1.82, 2.24) is 0 Å². The van der Waals surface area contributed by atoms with Gasteiger partial charge < -0.3 is 11.1 Å². The normalized spacial score (nSPS) is 10.3. The number of nitrogens with one attached hydrogen (secondary N) is 1. The first-order valence-corrected chi connectivity index (χ1v) is 6.40. The van der Waals surface area contributed by atoms with Crippen molar-refractivity contribution in [2.75, 3.05) is 11.1 Å². The standard InChI is InChI=1S/C14H12BrFN2O/c1-8-5-6-11(17)12(7-8)18-14(19)9-3-2-4-10(15)13(9)16/h2-7H,17H2,1H3,(H,18,19). The molecule has 98 valence electrons. The van der Waals surface area contributed by atoms with Crippen LogP contribution in [0.2, 0.25) is 0 Å². The van der Waals surface area contributed by atoms with Gasteiger partial charge in [0.05, 0.1) is 21.4 Å². The van der Waals surface area contributed by atoms with Gasteiger partial charge in [-0.2, -0.15) is 0 Å². The molecule has 2 aromatic rings. The van der Waals surface area contributed by atoms with Gasteiger partial charge in [0.1, 0.15) is 5.82 Å². The average molecular weight is 323 g/mol. The second-order valence-electron chi connectivity index (χ2n) is 4.15. The Labute approximate surface area is 118 Å². The minimum atomic E-state index is -0.591. The van der Waals surface area contributed by atoms with Gasteiger partial charge in [0.15, 0.2) is 0 Å². The van der Waals surface area contributed by atoms with Gasteiger partial charge in [-0.25, -0.2) is 4.39 Å². The molecule has 0 saturated heterocycles. The summed E-state index contributed by atoms with van der Waals surface area (Å²) in [5.41, 5.74) is 7.61. The van der Waals surface area contributed by atoms with E-state index in [-0.39, 0.29) is 10.0 Å². The molecule has 2 aromatic carbocycles. The quantitative estimate of drug-likeness (QED) is 0.828. The number of nitrogen functional groups attached to an aromatic ring is 1. The Hall–Kier alpha value is -1.88. The fraction of sp³-hybridized carbons (Fsp3) is 0.0714. The Morgan fingerprint density at radius 1 is 1.32 bits per heavy atom. The minimum absolute atomic E-state index is 0.0321. The van der Waals surface area contributed by atoms with Crippen LogP contribution in [-0.2, 0) is 0 Å². The van der Waals surface area contributed by atoms with E-state index in [0.29, 0.717) is 11.4 Å². The third-order valence-electron chi connectivity index (χ3n) is 2.65. The molecule has 1 amide bonds. The zero-order valence-electron chi connectivity index (χ0n) is 10.2. The van der Waals surface area contributed by atoms with Crippen molar-refractivity contribution in [3.8, 4) is 0 Å². The maximum absolute atomic E-state index is 13.8. The molecule has 0 saturated carbocycles. The van der Waals surface area contributed by atoms with Crippen LogP contribution < -0.4 is 11.1 Å². The topological polar surface area (TPSA) is 55.1 Å². The van der Waals surface area contributed by atoms with Crippen LogP contribution in [0.1, 0.15) is 15.9 Å². The molecule has 0 unspecified atom stereocenters. The van der Waals surface area contributed by atoms with Gasteiger partial charge in [0.2, 0.25) is 0 Å². The number of nitrogens with two attached hydrogens (primary N) is 1. The number of aryl methyl sites for hydroxylation is 1. The summed E-state index contributed by atoms with van der Waals surface area (Å²) in [6, 6.07) is 9.83. The molecule has 2 rings (SSSR count). The molecule has 0 aliphatic rings. The van der Waals surface area contributed by atoms with Crippen LogP contribution >= 0.6 is 15.9 Å². The SMILES string of the molecule is Cc1ccc(N)c(NC(=O)c2cccc(Br)c2F)c1. The molecule has 3 nitrogen and oxygen atoms in total. The maximum atomic E-state index is 13.8. The molecule has 0 fully saturated rings. The first kappa shape index (κ1) is 13.5. The fourth-order valence-corrected chi connectivity index (χ4v) is 2.01. The Kier molecular flexibility index (Phi) is 3.85. The summed E-state index contributed by atoms with van der Waals surface area (Å²) >= 11 is 3.05. The highest BCUT2D eigenvalue weighted by molar-refractivity contribution is 9.10. The number of carbonyl (C=O) groups is 1. The molecule has 3 N–H and O–H groups in total. The van der Waals surface area contributed by atoms with Gasteiger partial charge in [0, 0.05) is 0 Å². The van der Waals surface area contributed by atoms with Crippen LogP contribution in [0.4, 0.5) is 15.8 Å². The maximum Gasteiger partial charge on any atom is 0.258 e. The Morgan fingerprint density at radius 2 is 2.05 bits per heavy atom. The van der Waals surface area contributed by atoms with Gasteiger partial charge in [0.25, 0.3) is 5.91 Å². The summed E-state index contributed by atoms with van der Waals surface area (Å²) in [4.78, 5) is 12.0. The van der Waals surface area contributed by atoms with Gasteiger partial charge in [-0.3, -0.25) is 4.79 Å². The summed E-state index contributed by atoms with van der Waals surface area (Å²) in [5.74, 6) is -1.12. The van der Waals surface area contributed by atoms with Crippen LogP contribution in [0.15, 0.2) is 40.9 Å². The van der Waals surface area contributed by atoms with E-state index >= 15 is 0 Å². The molecule has 0 radical (unpaired) electrons. The molecule has 0 aliphatic heterocycles. The zero-order chi connectivity index (χ0) is 14.0. The molecule has 19 heavy (non-hydrogen) atoms. The van der Waals surface area contributed by atoms with E-state index in [9.17, 15) is 9.18 Å². The van der Waals surface area contributed by atoms with Crippen LogP contribution in [0.5, 0.6) is 0 Å². The molecule has 0 aromatic heterocycles. The number of benzene rings is 2. The highest BCUT2D eigenvalue weighted by Crippen LogP contribution is 2.23. The third kappa shape index (κ3) is 2.93. The smallest absolute Gasteiger partial charge is 0.258 e. The van der Waals surface area contributed by atoms with Crippen LogP contribution in [0, 0.1) is 12.7 Å². The number of amides is 1. The minimum Gasteiger partial charge on any atom is -0.397 e. The largest absolute Gasteiger partial charge is 0.397 e. The predicted molar refractivity (Wildman–Crippen MR) is 77.6 cm³/mol. The van der Waals surface area contributed by atoms with Crippen LogP contribution in [0.25, 0.3) is 0 Å². The number of hydrogen-bond donors (Lipinski definition) is 2. The first-order valence-electron chi connectivity index (χ1n) is 5.60. The van der Waals surface area contributed by atoms with Gasteiger partial charge in [-0.15, -0.1) is 0 Å². The summed E-state index contributed by atoms with van der Waals surface area (Å²) in [7, 11) is 0. The van der Waals surface area contributed by atoms with Crippen molar-refractivity contribution in [2.45, 2.75) is 6.92 Å². The second-order valence-corrected chi connectivity index (χ2v) is 5.00. The van der Waals surface area contributed by atoms with E-state index in [0.717, 1.165) is 5.56 Å². The highest BCUT2D eigenvalue weighted by Gasteiger charge is 2.14. The predicted octanol–water partition coefficient (Wildman–Crippen LogP) is 3.73. The van der Waals surface area contributed by atoms with Crippen molar-refractivity contribution in [3.05, 3.63) is 57.8 Å². The lowest BCUT2D eigenvalue weighted by Crippen LogP contribution is -2.15. The summed E-state index contributed by atoms with van der Waals surface area (Å²) in [6.45, 7) is 1.88. The molecular weight excluding hydrogens is 311 g/mol. The Bertz CT molecular complexity index is 643. The van der Waals surface area contributed by atoms with Crippen LogP contribution in [-0.4, -0.2) is 5.91 Å². The summed E-state index contributed by atoms with van der Waals surface area (Å²) < 4.78 is 14.0. The Morgan fingerprint density at radius 3 is 2.79 bits per heavy atom. The van der Waals surface area contributed by atoms with Crippen LogP contribution in [0.3, 0.4) is 0 Å². The van der Waals surface area contributed by atoms with Crippen molar-refractivity contribution < 1.29 is 9.18 Å². The van der Waals surface area contributed by atoms with Crippen molar-refractivity contribution >= 4 is 33.2 Å². The average Bonchev–Trinajstić information content (AvgIpc) is 2.37. The third-order valence-corrected chi connectivity index (χ3v) is 3.27. The number of hydrogen-bond acceptors (Lipinski definition) is 2. The number of carbonyl (C=O) groups excluding carboxylic acids is 1. The number of rotatable bonds is 2. The second kappa shape index (κ2) is 5.40. The summed E-state index contributed by atoms with van der Waals surface area (Å²) in [6.07, 6.45) is 0. The lowest BCUT2D eigenvalue weighted by atomic mass is 10.1. The molecule has 0 atom stereocenters. The van der Waals surface area contributed by atoms with Crippen molar-refractivity contribution in [2.24, 2.45) is 0 Å². The summed E-state index contributed by atoms with van der Waals surface area (Å²) in [5, 5.41) is 2.61. The fourth-order valence-electron chi connectivity index (χ4n) is 1.65. The molecule has 0 bridgehead atoms. The van der Waals surface area contributed by atoms with E-state index < -0.39 is 11.7 Å². The monoisotopic (exact) mass is 322 g/mol. The molecule has 5 heteroatoms. The molecule has 0 heterocycles. The van der Waals surface area contributed by atoms with Gasteiger partial charge in [-0.05, 0) is 52.7 Å². The van der Waals surface area contributed by atoms with E-state index in [2.05, 4.69) is 21.2 Å². The highest BCUT2D eigenvalue weighted by atomic mass is 79.9. The van der Waals surface area contributed by atoms with E-state index in [4.69, 9.17) is 5.73 Å². The van der Waals surface area contributed by atoms with E-state index in [1.165, 1.54) is 12.1 Å². The lowest BCUT2D eigenvalue weighted by Gasteiger charge is -2.10. The van der Waals surface area contributed by atoms with Crippen molar-refractivity contribution in [3.63, 3.8) is 0 Å². The molecule has 0 aliphatic carbocycles. The van der Waals surface area contributed by atoms with Gasteiger partial charge in [-0.1, -0.05) is 12.1 Å². The van der Waals surface area contributed by atoms with Gasteiger partial charge >= 0.3 is 0 Å².